The van der Waals surface area contributed by atoms with Gasteiger partial charge in [-0.2, -0.15) is 0 Å². The molecule has 6 nitrogen and oxygen atoms in total. The first-order valence-electron chi connectivity index (χ1n) is 9.41. The first-order valence-corrected chi connectivity index (χ1v) is 9.41. The van der Waals surface area contributed by atoms with Crippen LogP contribution in [0.3, 0.4) is 0 Å². The summed E-state index contributed by atoms with van der Waals surface area (Å²) < 4.78 is 11.7. The zero-order valence-corrected chi connectivity index (χ0v) is 16.0. The summed E-state index contributed by atoms with van der Waals surface area (Å²) in [5.41, 5.74) is 1.54. The number of carbonyl (C=O) groups is 1. The third kappa shape index (κ3) is 4.07. The highest BCUT2D eigenvalue weighted by molar-refractivity contribution is 5.89. The SMILES string of the molecule is C[C@@H]1CN(C(=O)Nc2ccc(Oc3cccc4cccnc34)cc2)C[C@@H](C)O1. The molecule has 0 unspecified atom stereocenters. The van der Waals surface area contributed by atoms with Crippen LogP contribution in [0.15, 0.2) is 60.8 Å². The Morgan fingerprint density at radius 2 is 1.79 bits per heavy atom. The maximum absolute atomic E-state index is 12.5. The number of amides is 2. The maximum Gasteiger partial charge on any atom is 0.322 e. The van der Waals surface area contributed by atoms with Crippen LogP contribution in [0.1, 0.15) is 13.8 Å². The summed E-state index contributed by atoms with van der Waals surface area (Å²) in [5, 5.41) is 3.96. The molecule has 144 valence electrons. The van der Waals surface area contributed by atoms with Crippen molar-refractivity contribution in [1.82, 2.24) is 9.88 Å². The minimum absolute atomic E-state index is 0.0413. The number of aromatic nitrogens is 1. The van der Waals surface area contributed by atoms with Crippen molar-refractivity contribution in [2.75, 3.05) is 18.4 Å². The first kappa shape index (κ1) is 18.3. The molecule has 28 heavy (non-hydrogen) atoms. The van der Waals surface area contributed by atoms with E-state index in [9.17, 15) is 4.79 Å². The normalized spacial score (nSPS) is 19.4. The first-order chi connectivity index (χ1) is 13.6. The van der Waals surface area contributed by atoms with Gasteiger partial charge in [0.25, 0.3) is 0 Å². The van der Waals surface area contributed by atoms with Crippen molar-refractivity contribution < 1.29 is 14.3 Å². The summed E-state index contributed by atoms with van der Waals surface area (Å²) >= 11 is 0. The lowest BCUT2D eigenvalue weighted by Crippen LogP contribution is -2.49. The predicted molar refractivity (Wildman–Crippen MR) is 109 cm³/mol. The summed E-state index contributed by atoms with van der Waals surface area (Å²) in [6.07, 6.45) is 1.83. The fraction of sp³-hybridized carbons (Fsp3) is 0.273. The standard InChI is InChI=1S/C22H23N3O3/c1-15-13-25(14-16(2)27-15)22(26)24-18-8-10-19(11-9-18)28-20-7-3-5-17-6-4-12-23-21(17)20/h3-12,15-16H,13-14H2,1-2H3,(H,24,26)/t15-,16-/m1/s1. The van der Waals surface area contributed by atoms with Crippen molar-refractivity contribution in [1.29, 1.82) is 0 Å². The molecule has 1 aliphatic rings. The molecule has 2 amide bonds. The van der Waals surface area contributed by atoms with E-state index in [0.29, 0.717) is 24.6 Å². The minimum atomic E-state index is -0.117. The third-order valence-electron chi connectivity index (χ3n) is 4.64. The van der Waals surface area contributed by atoms with Gasteiger partial charge in [-0.1, -0.05) is 18.2 Å². The van der Waals surface area contributed by atoms with E-state index < -0.39 is 0 Å². The lowest BCUT2D eigenvalue weighted by molar-refractivity contribution is -0.0530. The van der Waals surface area contributed by atoms with E-state index in [1.54, 1.807) is 11.1 Å². The molecule has 2 heterocycles. The number of ether oxygens (including phenoxy) is 2. The molecule has 3 aromatic rings. The Hall–Kier alpha value is -3.12. The lowest BCUT2D eigenvalue weighted by atomic mass is 10.2. The number of rotatable bonds is 3. The highest BCUT2D eigenvalue weighted by atomic mass is 16.5. The topological polar surface area (TPSA) is 63.7 Å². The molecule has 2 atom stereocenters. The number of fused-ring (bicyclic) bond motifs is 1. The van der Waals surface area contributed by atoms with Crippen molar-refractivity contribution >= 4 is 22.6 Å². The van der Waals surface area contributed by atoms with Gasteiger partial charge in [0.15, 0.2) is 5.75 Å². The number of anilines is 1. The van der Waals surface area contributed by atoms with Crippen LogP contribution in [-0.4, -0.2) is 41.2 Å². The molecule has 1 saturated heterocycles. The van der Waals surface area contributed by atoms with E-state index in [1.807, 2.05) is 68.4 Å². The second-order valence-corrected chi connectivity index (χ2v) is 7.05. The average Bonchev–Trinajstić information content (AvgIpc) is 2.69. The van der Waals surface area contributed by atoms with Crippen LogP contribution < -0.4 is 10.1 Å². The van der Waals surface area contributed by atoms with Gasteiger partial charge in [-0.15, -0.1) is 0 Å². The van der Waals surface area contributed by atoms with Crippen molar-refractivity contribution in [2.24, 2.45) is 0 Å². The van der Waals surface area contributed by atoms with Crippen LogP contribution in [-0.2, 0) is 4.74 Å². The van der Waals surface area contributed by atoms with Gasteiger partial charge in [0.2, 0.25) is 0 Å². The molecule has 2 aromatic carbocycles. The number of nitrogens with zero attached hydrogens (tertiary/aromatic N) is 2. The Morgan fingerprint density at radius 1 is 1.07 bits per heavy atom. The number of carbonyl (C=O) groups excluding carboxylic acids is 1. The van der Waals surface area contributed by atoms with Crippen molar-refractivity contribution in [3.63, 3.8) is 0 Å². The number of para-hydroxylation sites is 1. The molecular weight excluding hydrogens is 354 g/mol. The quantitative estimate of drug-likeness (QED) is 0.720. The van der Waals surface area contributed by atoms with E-state index in [-0.39, 0.29) is 18.2 Å². The minimum Gasteiger partial charge on any atom is -0.455 e. The molecule has 0 aliphatic carbocycles. The summed E-state index contributed by atoms with van der Waals surface area (Å²) in [6.45, 7) is 5.13. The number of hydrogen-bond donors (Lipinski definition) is 1. The number of pyridine rings is 1. The van der Waals surface area contributed by atoms with E-state index >= 15 is 0 Å². The number of urea groups is 1. The Bertz CT molecular complexity index is 959. The molecule has 6 heteroatoms. The summed E-state index contributed by atoms with van der Waals surface area (Å²) in [4.78, 5) is 18.7. The van der Waals surface area contributed by atoms with Crippen LogP contribution in [0.4, 0.5) is 10.5 Å². The zero-order valence-electron chi connectivity index (χ0n) is 16.0. The molecular formula is C22H23N3O3. The molecule has 1 fully saturated rings. The predicted octanol–water partition coefficient (Wildman–Crippen LogP) is 4.67. The molecule has 0 radical (unpaired) electrons. The Morgan fingerprint density at radius 3 is 2.54 bits per heavy atom. The van der Waals surface area contributed by atoms with Crippen LogP contribution in [0.2, 0.25) is 0 Å². The Kier molecular flexibility index (Phi) is 5.12. The smallest absolute Gasteiger partial charge is 0.322 e. The zero-order chi connectivity index (χ0) is 19.5. The summed E-state index contributed by atoms with van der Waals surface area (Å²) in [6, 6.07) is 17.0. The largest absolute Gasteiger partial charge is 0.455 e. The van der Waals surface area contributed by atoms with Crippen LogP contribution >= 0.6 is 0 Å². The fourth-order valence-electron chi connectivity index (χ4n) is 3.44. The van der Waals surface area contributed by atoms with E-state index in [4.69, 9.17) is 9.47 Å². The second kappa shape index (κ2) is 7.86. The van der Waals surface area contributed by atoms with Gasteiger partial charge >= 0.3 is 6.03 Å². The highest BCUT2D eigenvalue weighted by Gasteiger charge is 2.25. The van der Waals surface area contributed by atoms with Gasteiger partial charge in [-0.3, -0.25) is 4.98 Å². The van der Waals surface area contributed by atoms with Gasteiger partial charge in [-0.05, 0) is 50.2 Å². The van der Waals surface area contributed by atoms with Gasteiger partial charge < -0.3 is 19.7 Å². The van der Waals surface area contributed by atoms with Gasteiger partial charge in [-0.25, -0.2) is 4.79 Å². The second-order valence-electron chi connectivity index (χ2n) is 7.05. The lowest BCUT2D eigenvalue weighted by Gasteiger charge is -2.35. The van der Waals surface area contributed by atoms with Crippen molar-refractivity contribution in [3.8, 4) is 11.5 Å². The molecule has 0 spiro atoms. The number of hydrogen-bond acceptors (Lipinski definition) is 4. The van der Waals surface area contributed by atoms with Gasteiger partial charge in [0.05, 0.1) is 12.2 Å². The molecule has 1 N–H and O–H groups in total. The molecule has 0 saturated carbocycles. The van der Waals surface area contributed by atoms with E-state index in [0.717, 1.165) is 16.6 Å². The summed E-state index contributed by atoms with van der Waals surface area (Å²) in [7, 11) is 0. The van der Waals surface area contributed by atoms with E-state index in [2.05, 4.69) is 10.3 Å². The maximum atomic E-state index is 12.5. The molecule has 1 aromatic heterocycles. The molecule has 4 rings (SSSR count). The fourth-order valence-corrected chi connectivity index (χ4v) is 3.44. The number of nitrogens with one attached hydrogen (secondary N) is 1. The van der Waals surface area contributed by atoms with E-state index in [1.165, 1.54) is 0 Å². The number of morpholine rings is 1. The van der Waals surface area contributed by atoms with Gasteiger partial charge in [0.1, 0.15) is 11.3 Å². The Balaban J connectivity index is 1.43. The Labute approximate surface area is 164 Å². The highest BCUT2D eigenvalue weighted by Crippen LogP contribution is 2.29. The van der Waals surface area contributed by atoms with Crippen molar-refractivity contribution in [2.45, 2.75) is 26.1 Å². The average molecular weight is 377 g/mol. The monoisotopic (exact) mass is 377 g/mol. The van der Waals surface area contributed by atoms with Crippen molar-refractivity contribution in [3.05, 3.63) is 60.8 Å². The molecule has 0 bridgehead atoms. The third-order valence-corrected chi connectivity index (χ3v) is 4.64. The van der Waals surface area contributed by atoms with Crippen LogP contribution in [0, 0.1) is 0 Å². The molecule has 1 aliphatic heterocycles. The number of benzene rings is 2. The van der Waals surface area contributed by atoms with Crippen LogP contribution in [0.5, 0.6) is 11.5 Å². The summed E-state index contributed by atoms with van der Waals surface area (Å²) in [5.74, 6) is 1.39. The van der Waals surface area contributed by atoms with Crippen LogP contribution in [0.25, 0.3) is 10.9 Å². The van der Waals surface area contributed by atoms with Gasteiger partial charge in [0, 0.05) is 30.4 Å².